The van der Waals surface area contributed by atoms with Gasteiger partial charge in [0.25, 0.3) is 5.91 Å². The highest BCUT2D eigenvalue weighted by Crippen LogP contribution is 2.30. The summed E-state index contributed by atoms with van der Waals surface area (Å²) in [6.45, 7) is 2.52. The predicted octanol–water partition coefficient (Wildman–Crippen LogP) is 4.97. The van der Waals surface area contributed by atoms with Gasteiger partial charge in [-0.1, -0.05) is 36.4 Å². The molecule has 0 radical (unpaired) electrons. The Balaban J connectivity index is 1.68. The van der Waals surface area contributed by atoms with Crippen molar-refractivity contribution in [2.75, 3.05) is 41.4 Å². The lowest BCUT2D eigenvalue weighted by atomic mass is 10.1. The Kier molecular flexibility index (Phi) is 7.55. The summed E-state index contributed by atoms with van der Waals surface area (Å²) in [6, 6.07) is 20.2. The van der Waals surface area contributed by atoms with Crippen LogP contribution in [0.15, 0.2) is 66.0 Å². The van der Waals surface area contributed by atoms with E-state index in [-0.39, 0.29) is 5.91 Å². The summed E-state index contributed by atoms with van der Waals surface area (Å²) in [5.74, 6) is 1.36. The lowest BCUT2D eigenvalue weighted by Crippen LogP contribution is -2.37. The zero-order valence-corrected chi connectivity index (χ0v) is 21.0. The highest BCUT2D eigenvalue weighted by atomic mass is 32.1. The summed E-state index contributed by atoms with van der Waals surface area (Å²) in [5.41, 5.74) is 3.97. The van der Waals surface area contributed by atoms with E-state index in [0.717, 1.165) is 22.3 Å². The second kappa shape index (κ2) is 10.8. The topological polar surface area (TPSA) is 46.9 Å². The molecule has 2 aromatic heterocycles. The third kappa shape index (κ3) is 5.26. The van der Waals surface area contributed by atoms with E-state index in [2.05, 4.69) is 33.0 Å². The predicted molar refractivity (Wildman–Crippen MR) is 138 cm³/mol. The van der Waals surface area contributed by atoms with Crippen molar-refractivity contribution >= 4 is 27.5 Å². The molecule has 0 spiro atoms. The minimum absolute atomic E-state index is 0.0240. The van der Waals surface area contributed by atoms with Crippen molar-refractivity contribution in [3.8, 4) is 11.5 Å². The lowest BCUT2D eigenvalue weighted by Gasteiger charge is -2.25. The van der Waals surface area contributed by atoms with Crippen molar-refractivity contribution in [1.29, 1.82) is 0 Å². The van der Waals surface area contributed by atoms with Crippen molar-refractivity contribution in [3.05, 3.63) is 82.9 Å². The molecule has 2 heterocycles. The number of nitrogens with zero attached hydrogens (tertiary/aromatic N) is 3. The molecule has 0 aliphatic heterocycles. The van der Waals surface area contributed by atoms with E-state index in [4.69, 9.17) is 9.47 Å². The van der Waals surface area contributed by atoms with Crippen LogP contribution in [-0.4, -0.2) is 61.7 Å². The van der Waals surface area contributed by atoms with Crippen LogP contribution in [0.3, 0.4) is 0 Å². The Bertz CT molecular complexity index is 1250. The highest BCUT2D eigenvalue weighted by Gasteiger charge is 2.23. The highest BCUT2D eigenvalue weighted by molar-refractivity contribution is 7.17. The minimum atomic E-state index is 0.0240. The number of rotatable bonds is 10. The third-order valence-corrected chi connectivity index (χ3v) is 6.70. The normalized spacial score (nSPS) is 11.2. The van der Waals surface area contributed by atoms with Gasteiger partial charge in [-0.2, -0.15) is 0 Å². The minimum Gasteiger partial charge on any atom is -0.493 e. The zero-order chi connectivity index (χ0) is 24.1. The maximum Gasteiger partial charge on any atom is 0.270 e. The first-order valence-electron chi connectivity index (χ1n) is 11.3. The van der Waals surface area contributed by atoms with Crippen molar-refractivity contribution in [2.45, 2.75) is 13.1 Å². The van der Waals surface area contributed by atoms with Gasteiger partial charge in [0, 0.05) is 26.2 Å². The van der Waals surface area contributed by atoms with Gasteiger partial charge in [-0.3, -0.25) is 4.79 Å². The van der Waals surface area contributed by atoms with E-state index in [1.54, 1.807) is 25.6 Å². The van der Waals surface area contributed by atoms with E-state index in [9.17, 15) is 4.79 Å². The number of hydrogen-bond donors (Lipinski definition) is 0. The Morgan fingerprint density at radius 1 is 0.912 bits per heavy atom. The number of likely N-dealkylation sites (N-methyl/N-ethyl adjacent to an activating group) is 1. The molecule has 6 nitrogen and oxygen atoms in total. The molecule has 34 heavy (non-hydrogen) atoms. The van der Waals surface area contributed by atoms with Crippen LogP contribution in [0, 0.1) is 0 Å². The second-order valence-corrected chi connectivity index (χ2v) is 9.44. The van der Waals surface area contributed by atoms with Crippen molar-refractivity contribution in [2.24, 2.45) is 0 Å². The molecule has 2 aromatic carbocycles. The van der Waals surface area contributed by atoms with Gasteiger partial charge in [-0.25, -0.2) is 0 Å². The first-order chi connectivity index (χ1) is 16.5. The van der Waals surface area contributed by atoms with Gasteiger partial charge in [-0.05, 0) is 54.9 Å². The number of hydrogen-bond acceptors (Lipinski definition) is 5. The Hall–Kier alpha value is -3.29. The number of thiophene rings is 1. The van der Waals surface area contributed by atoms with Crippen molar-refractivity contribution in [3.63, 3.8) is 0 Å². The zero-order valence-electron chi connectivity index (χ0n) is 20.2. The molecule has 0 bridgehead atoms. The quantitative estimate of drug-likeness (QED) is 0.324. The molecule has 1 amide bonds. The number of fused-ring (bicyclic) bond motifs is 1. The maximum atomic E-state index is 14.0. The van der Waals surface area contributed by atoms with E-state index in [0.29, 0.717) is 36.8 Å². The van der Waals surface area contributed by atoms with Crippen LogP contribution in [0.25, 0.3) is 10.2 Å². The number of ether oxygens (including phenoxy) is 2. The number of carbonyl (C=O) groups excluding carboxylic acids is 1. The molecule has 0 unspecified atom stereocenters. The van der Waals surface area contributed by atoms with Crippen LogP contribution < -0.4 is 9.47 Å². The van der Waals surface area contributed by atoms with E-state index < -0.39 is 0 Å². The molecule has 0 saturated heterocycles. The summed E-state index contributed by atoms with van der Waals surface area (Å²) in [7, 11) is 7.29. The van der Waals surface area contributed by atoms with Gasteiger partial charge in [0.05, 0.1) is 24.4 Å². The summed E-state index contributed by atoms with van der Waals surface area (Å²) in [4.78, 5) is 18.0. The number of amides is 1. The maximum absolute atomic E-state index is 14.0. The van der Waals surface area contributed by atoms with Crippen molar-refractivity contribution in [1.82, 2.24) is 14.4 Å². The average Bonchev–Trinajstić information content (AvgIpc) is 3.44. The molecule has 7 heteroatoms. The summed E-state index contributed by atoms with van der Waals surface area (Å²) in [5, 5.41) is 2.08. The molecule has 0 atom stereocenters. The van der Waals surface area contributed by atoms with E-state index in [1.165, 1.54) is 5.56 Å². The molecule has 4 rings (SSSR count). The summed E-state index contributed by atoms with van der Waals surface area (Å²) >= 11 is 1.66. The molecule has 178 valence electrons. The summed E-state index contributed by atoms with van der Waals surface area (Å²) < 4.78 is 14.1. The fourth-order valence-electron chi connectivity index (χ4n) is 4.03. The largest absolute Gasteiger partial charge is 0.493 e. The number of carbonyl (C=O) groups is 1. The average molecular weight is 478 g/mol. The van der Waals surface area contributed by atoms with Gasteiger partial charge in [0.2, 0.25) is 0 Å². The Labute approximate surface area is 204 Å². The Morgan fingerprint density at radius 2 is 1.68 bits per heavy atom. The molecule has 0 fully saturated rings. The molecule has 0 saturated carbocycles. The van der Waals surface area contributed by atoms with Crippen LogP contribution >= 0.6 is 11.3 Å². The standard InChI is InChI=1S/C27H31N3O3S/c1-28(2)13-14-29(18-21-10-11-24(32-3)25(16-21)33-4)27(31)23-17-26-22(12-15-34-26)30(23)19-20-8-6-5-7-9-20/h5-12,15-17H,13-14,18-19H2,1-4H3. The molecular formula is C27H31N3O3S. The molecular weight excluding hydrogens is 446 g/mol. The first kappa shape index (κ1) is 23.9. The third-order valence-electron chi connectivity index (χ3n) is 5.85. The van der Waals surface area contributed by atoms with Gasteiger partial charge in [-0.15, -0.1) is 11.3 Å². The number of methoxy groups -OCH3 is 2. The van der Waals surface area contributed by atoms with E-state index in [1.807, 2.05) is 61.5 Å². The number of benzene rings is 2. The fourth-order valence-corrected chi connectivity index (χ4v) is 4.85. The van der Waals surface area contributed by atoms with Gasteiger partial charge < -0.3 is 23.8 Å². The smallest absolute Gasteiger partial charge is 0.270 e. The second-order valence-electron chi connectivity index (χ2n) is 8.49. The molecule has 0 N–H and O–H groups in total. The fraction of sp³-hybridized carbons (Fsp3) is 0.296. The monoisotopic (exact) mass is 477 g/mol. The SMILES string of the molecule is COc1ccc(CN(CCN(C)C)C(=O)c2cc3sccc3n2Cc2ccccc2)cc1OC. The van der Waals surface area contributed by atoms with Gasteiger partial charge in [0.15, 0.2) is 11.5 Å². The van der Waals surface area contributed by atoms with Gasteiger partial charge in [0.1, 0.15) is 5.69 Å². The molecule has 0 aliphatic carbocycles. The Morgan fingerprint density at radius 3 is 2.38 bits per heavy atom. The van der Waals surface area contributed by atoms with E-state index >= 15 is 0 Å². The molecule has 4 aromatic rings. The van der Waals surface area contributed by atoms with Crippen LogP contribution in [-0.2, 0) is 13.1 Å². The van der Waals surface area contributed by atoms with Crippen LogP contribution in [0.1, 0.15) is 21.6 Å². The molecule has 0 aliphatic rings. The lowest BCUT2D eigenvalue weighted by molar-refractivity contribution is 0.0722. The van der Waals surface area contributed by atoms with Gasteiger partial charge >= 0.3 is 0 Å². The van der Waals surface area contributed by atoms with Crippen LogP contribution in [0.5, 0.6) is 11.5 Å². The number of aromatic nitrogens is 1. The summed E-state index contributed by atoms with van der Waals surface area (Å²) in [6.07, 6.45) is 0. The van der Waals surface area contributed by atoms with Crippen molar-refractivity contribution < 1.29 is 14.3 Å². The first-order valence-corrected chi connectivity index (χ1v) is 12.1. The van der Waals surface area contributed by atoms with Crippen LogP contribution in [0.2, 0.25) is 0 Å². The van der Waals surface area contributed by atoms with Crippen LogP contribution in [0.4, 0.5) is 0 Å².